The number of imidazole rings is 1. The first-order valence-electron chi connectivity index (χ1n) is 8.69. The third kappa shape index (κ3) is 1.92. The molecule has 0 fully saturated rings. The van der Waals surface area contributed by atoms with Crippen LogP contribution in [0.4, 0.5) is 0 Å². The van der Waals surface area contributed by atoms with Gasteiger partial charge in [0.25, 0.3) is 0 Å². The molecule has 25 heavy (non-hydrogen) atoms. The number of benzene rings is 2. The van der Waals surface area contributed by atoms with Crippen LogP contribution in [0.25, 0.3) is 27.8 Å². The SMILES string of the molecule is Cc1cc2c(c(-c3ccc4ccccc4[n+]3C)c1C)Cc1nccn1-2. The van der Waals surface area contributed by atoms with Crippen molar-refractivity contribution in [2.75, 3.05) is 0 Å². The fourth-order valence-electron chi connectivity index (χ4n) is 4.13. The van der Waals surface area contributed by atoms with Crippen LogP contribution in [-0.2, 0) is 13.5 Å². The Kier molecular flexibility index (Phi) is 2.90. The second-order valence-corrected chi connectivity index (χ2v) is 6.92. The lowest BCUT2D eigenvalue weighted by molar-refractivity contribution is -0.633. The molecule has 2 aromatic heterocycles. The lowest BCUT2D eigenvalue weighted by Crippen LogP contribution is -2.32. The van der Waals surface area contributed by atoms with Gasteiger partial charge in [-0.1, -0.05) is 12.1 Å². The molecule has 0 saturated carbocycles. The fraction of sp³-hybridized carbons (Fsp3) is 0.182. The van der Waals surface area contributed by atoms with E-state index in [2.05, 4.69) is 83.7 Å². The zero-order valence-corrected chi connectivity index (χ0v) is 14.7. The highest BCUT2D eigenvalue weighted by Crippen LogP contribution is 2.38. The Bertz CT molecular complexity index is 1150. The molecule has 4 aromatic rings. The molecule has 0 aliphatic carbocycles. The van der Waals surface area contributed by atoms with Gasteiger partial charge in [-0.2, -0.15) is 4.57 Å². The van der Waals surface area contributed by atoms with Crippen LogP contribution in [0.1, 0.15) is 22.5 Å². The van der Waals surface area contributed by atoms with Gasteiger partial charge < -0.3 is 4.57 Å². The Hall–Kier alpha value is -2.94. The molecule has 1 aliphatic heterocycles. The van der Waals surface area contributed by atoms with Crippen LogP contribution in [0, 0.1) is 13.8 Å². The Morgan fingerprint density at radius 1 is 1.08 bits per heavy atom. The molecule has 5 rings (SSSR count). The van der Waals surface area contributed by atoms with Crippen molar-refractivity contribution in [3.8, 4) is 16.9 Å². The van der Waals surface area contributed by atoms with Gasteiger partial charge in [0.2, 0.25) is 11.2 Å². The van der Waals surface area contributed by atoms with Crippen LogP contribution < -0.4 is 4.57 Å². The monoisotopic (exact) mass is 326 g/mol. The summed E-state index contributed by atoms with van der Waals surface area (Å²) in [5.41, 5.74) is 9.22. The van der Waals surface area contributed by atoms with Crippen molar-refractivity contribution < 1.29 is 4.57 Å². The largest absolute Gasteiger partial charge is 0.303 e. The smallest absolute Gasteiger partial charge is 0.213 e. The fourth-order valence-corrected chi connectivity index (χ4v) is 4.13. The first kappa shape index (κ1) is 14.4. The normalized spacial score (nSPS) is 12.4. The van der Waals surface area contributed by atoms with Gasteiger partial charge in [-0.05, 0) is 48.7 Å². The van der Waals surface area contributed by atoms with Crippen molar-refractivity contribution in [1.82, 2.24) is 9.55 Å². The molecule has 0 N–H and O–H groups in total. The molecule has 0 bridgehead atoms. The Balaban J connectivity index is 1.85. The highest BCUT2D eigenvalue weighted by atomic mass is 15.1. The van der Waals surface area contributed by atoms with E-state index in [1.54, 1.807) is 0 Å². The average Bonchev–Trinajstić information content (AvgIpc) is 3.20. The maximum Gasteiger partial charge on any atom is 0.213 e. The van der Waals surface area contributed by atoms with E-state index in [4.69, 9.17) is 0 Å². The maximum atomic E-state index is 4.53. The summed E-state index contributed by atoms with van der Waals surface area (Å²) in [5, 5.41) is 1.27. The van der Waals surface area contributed by atoms with E-state index in [0.717, 1.165) is 12.2 Å². The van der Waals surface area contributed by atoms with Crippen LogP contribution in [0.5, 0.6) is 0 Å². The van der Waals surface area contributed by atoms with Gasteiger partial charge in [-0.15, -0.1) is 0 Å². The van der Waals surface area contributed by atoms with Crippen molar-refractivity contribution in [2.45, 2.75) is 20.3 Å². The van der Waals surface area contributed by atoms with Gasteiger partial charge in [0.1, 0.15) is 12.9 Å². The van der Waals surface area contributed by atoms with Crippen LogP contribution in [0.2, 0.25) is 0 Å². The second-order valence-electron chi connectivity index (χ2n) is 6.92. The molecule has 2 aromatic carbocycles. The summed E-state index contributed by atoms with van der Waals surface area (Å²) >= 11 is 0. The lowest BCUT2D eigenvalue weighted by atomic mass is 9.92. The van der Waals surface area contributed by atoms with Crippen LogP contribution in [0.15, 0.2) is 54.9 Å². The number of fused-ring (bicyclic) bond motifs is 4. The quantitative estimate of drug-likeness (QED) is 0.426. The molecule has 3 heterocycles. The van der Waals surface area contributed by atoms with Crippen LogP contribution in [0.3, 0.4) is 0 Å². The highest BCUT2D eigenvalue weighted by molar-refractivity contribution is 5.80. The summed E-state index contributed by atoms with van der Waals surface area (Å²) in [6, 6.07) is 15.3. The number of rotatable bonds is 1. The molecule has 3 heteroatoms. The number of hydrogen-bond donors (Lipinski definition) is 0. The van der Waals surface area contributed by atoms with Gasteiger partial charge in [0.05, 0.1) is 11.3 Å². The molecule has 0 radical (unpaired) electrons. The molecular weight excluding hydrogens is 306 g/mol. The topological polar surface area (TPSA) is 21.7 Å². The van der Waals surface area contributed by atoms with E-state index in [-0.39, 0.29) is 0 Å². The summed E-state index contributed by atoms with van der Waals surface area (Å²) in [6.07, 6.45) is 4.86. The summed E-state index contributed by atoms with van der Waals surface area (Å²) in [6.45, 7) is 4.44. The highest BCUT2D eigenvalue weighted by Gasteiger charge is 2.28. The standard InChI is InChI=1S/C22H20N3/c1-14-12-20-17(13-21-23-10-11-25(20)21)22(15(14)2)19-9-8-16-6-4-5-7-18(16)24(19)3/h4-12H,13H2,1-3H3/q+1. The number of para-hydroxylation sites is 1. The molecule has 0 unspecified atom stereocenters. The minimum atomic E-state index is 0.894. The first-order chi connectivity index (χ1) is 12.1. The van der Waals surface area contributed by atoms with Gasteiger partial charge in [-0.3, -0.25) is 0 Å². The van der Waals surface area contributed by atoms with Crippen molar-refractivity contribution in [2.24, 2.45) is 7.05 Å². The third-order valence-electron chi connectivity index (χ3n) is 5.58. The van der Waals surface area contributed by atoms with E-state index in [1.165, 1.54) is 44.5 Å². The minimum Gasteiger partial charge on any atom is -0.303 e. The molecule has 0 saturated heterocycles. The molecule has 0 spiro atoms. The van der Waals surface area contributed by atoms with E-state index < -0.39 is 0 Å². The van der Waals surface area contributed by atoms with Crippen molar-refractivity contribution in [1.29, 1.82) is 0 Å². The number of aromatic nitrogens is 3. The van der Waals surface area contributed by atoms with E-state index >= 15 is 0 Å². The van der Waals surface area contributed by atoms with Gasteiger partial charge in [-0.25, -0.2) is 4.98 Å². The first-order valence-corrected chi connectivity index (χ1v) is 8.69. The second kappa shape index (κ2) is 5.03. The van der Waals surface area contributed by atoms with E-state index in [1.807, 2.05) is 6.20 Å². The van der Waals surface area contributed by atoms with E-state index in [0.29, 0.717) is 0 Å². The van der Waals surface area contributed by atoms with E-state index in [9.17, 15) is 0 Å². The number of pyridine rings is 1. The molecule has 3 nitrogen and oxygen atoms in total. The Morgan fingerprint density at radius 3 is 2.80 bits per heavy atom. The zero-order valence-electron chi connectivity index (χ0n) is 14.7. The summed E-state index contributed by atoms with van der Waals surface area (Å²) in [4.78, 5) is 4.53. The summed E-state index contributed by atoms with van der Waals surface area (Å²) < 4.78 is 4.55. The average molecular weight is 326 g/mol. The molecule has 0 amide bonds. The molecule has 122 valence electrons. The molecule has 0 atom stereocenters. The predicted octanol–water partition coefficient (Wildman–Crippen LogP) is 4.04. The Labute approximate surface area is 147 Å². The van der Waals surface area contributed by atoms with Gasteiger partial charge in [0.15, 0.2) is 0 Å². The number of aryl methyl sites for hydroxylation is 2. The maximum absolute atomic E-state index is 4.53. The number of nitrogens with zero attached hydrogens (tertiary/aromatic N) is 3. The zero-order chi connectivity index (χ0) is 17.1. The van der Waals surface area contributed by atoms with Crippen LogP contribution in [-0.4, -0.2) is 9.55 Å². The van der Waals surface area contributed by atoms with Gasteiger partial charge in [0, 0.05) is 36.3 Å². The number of hydrogen-bond acceptors (Lipinski definition) is 1. The Morgan fingerprint density at radius 2 is 1.92 bits per heavy atom. The van der Waals surface area contributed by atoms with Crippen LogP contribution >= 0.6 is 0 Å². The minimum absolute atomic E-state index is 0.894. The van der Waals surface area contributed by atoms with Crippen molar-refractivity contribution in [3.63, 3.8) is 0 Å². The third-order valence-corrected chi connectivity index (χ3v) is 5.58. The van der Waals surface area contributed by atoms with Crippen molar-refractivity contribution >= 4 is 10.9 Å². The van der Waals surface area contributed by atoms with Gasteiger partial charge >= 0.3 is 0 Å². The lowest BCUT2D eigenvalue weighted by Gasteiger charge is -2.14. The molecular formula is C22H20N3+. The summed E-state index contributed by atoms with van der Waals surface area (Å²) in [7, 11) is 2.17. The predicted molar refractivity (Wildman–Crippen MR) is 100.0 cm³/mol. The van der Waals surface area contributed by atoms with Crippen molar-refractivity contribution in [3.05, 3.63) is 77.4 Å². The molecule has 1 aliphatic rings. The summed E-state index contributed by atoms with van der Waals surface area (Å²) in [5.74, 6) is 1.13.